The molecule has 5 N–H and O–H groups in total. The summed E-state index contributed by atoms with van der Waals surface area (Å²) in [5.41, 5.74) is 9.37. The van der Waals surface area contributed by atoms with Crippen LogP contribution < -0.4 is 11.1 Å². The van der Waals surface area contributed by atoms with Crippen molar-refractivity contribution in [1.29, 1.82) is 0 Å². The molecule has 30 heavy (non-hydrogen) atoms. The molecule has 0 amide bonds. The van der Waals surface area contributed by atoms with Crippen molar-refractivity contribution in [3.63, 3.8) is 0 Å². The van der Waals surface area contributed by atoms with Crippen LogP contribution >= 0.6 is 0 Å². The minimum absolute atomic E-state index is 0.163. The van der Waals surface area contributed by atoms with Gasteiger partial charge in [-0.2, -0.15) is 10.1 Å². The molecule has 2 aromatic heterocycles. The molecule has 2 aliphatic carbocycles. The number of rotatable bonds is 7. The van der Waals surface area contributed by atoms with Crippen molar-refractivity contribution in [2.75, 3.05) is 17.6 Å². The lowest BCUT2D eigenvalue weighted by molar-refractivity contribution is 0.0696. The van der Waals surface area contributed by atoms with Gasteiger partial charge in [-0.1, -0.05) is 6.07 Å². The number of nitrogens with zero attached hydrogens (tertiary/aromatic N) is 4. The molecular weight excluding hydrogens is 384 g/mol. The summed E-state index contributed by atoms with van der Waals surface area (Å²) in [7, 11) is 0. The third-order valence-electron chi connectivity index (χ3n) is 6.41. The predicted molar refractivity (Wildman–Crippen MR) is 111 cm³/mol. The largest absolute Gasteiger partial charge is 0.478 e. The Morgan fingerprint density at radius 3 is 2.77 bits per heavy atom. The lowest BCUT2D eigenvalue weighted by Gasteiger charge is -2.36. The van der Waals surface area contributed by atoms with Gasteiger partial charge in [0.05, 0.1) is 24.9 Å². The summed E-state index contributed by atoms with van der Waals surface area (Å²) < 4.78 is 1.72. The first-order valence-corrected chi connectivity index (χ1v) is 10.2. The Morgan fingerprint density at radius 2 is 2.07 bits per heavy atom. The first-order valence-electron chi connectivity index (χ1n) is 10.2. The minimum atomic E-state index is -1.02. The number of nitrogens with one attached hydrogen (secondary N) is 1. The molecule has 0 saturated heterocycles. The highest BCUT2D eigenvalue weighted by atomic mass is 16.4. The average Bonchev–Trinajstić information content (AvgIpc) is 3.40. The van der Waals surface area contributed by atoms with Crippen LogP contribution in [0.15, 0.2) is 24.4 Å². The number of anilines is 2. The van der Waals surface area contributed by atoms with Crippen LogP contribution in [0.3, 0.4) is 0 Å². The van der Waals surface area contributed by atoms with Crippen LogP contribution in [0.2, 0.25) is 0 Å². The summed E-state index contributed by atoms with van der Waals surface area (Å²) in [4.78, 5) is 20.0. The summed E-state index contributed by atoms with van der Waals surface area (Å²) in [6, 6.07) is 4.68. The number of carboxylic acid groups (broad SMARTS) is 1. The summed E-state index contributed by atoms with van der Waals surface area (Å²) in [5.74, 6) is 0.439. The third-order valence-corrected chi connectivity index (χ3v) is 6.41. The molecule has 0 aliphatic heterocycles. The van der Waals surface area contributed by atoms with Crippen molar-refractivity contribution in [3.8, 4) is 0 Å². The SMILES string of the molecule is Nc1nc(NCC2CC3(CC3)C2)c2c(cnn2Cc2cc(C(=O)O)ccc2CO)n1. The molecule has 2 heterocycles. The van der Waals surface area contributed by atoms with E-state index in [1.54, 1.807) is 23.0 Å². The fourth-order valence-corrected chi connectivity index (χ4v) is 4.62. The number of benzene rings is 1. The monoisotopic (exact) mass is 408 g/mol. The Hall–Kier alpha value is -3.20. The molecule has 0 unspecified atom stereocenters. The lowest BCUT2D eigenvalue weighted by Crippen LogP contribution is -2.31. The quantitative estimate of drug-likeness (QED) is 0.467. The van der Waals surface area contributed by atoms with Crippen molar-refractivity contribution < 1.29 is 15.0 Å². The zero-order valence-corrected chi connectivity index (χ0v) is 16.5. The van der Waals surface area contributed by atoms with E-state index in [1.165, 1.54) is 31.7 Å². The van der Waals surface area contributed by atoms with Crippen molar-refractivity contribution in [1.82, 2.24) is 19.7 Å². The molecule has 1 spiro atoms. The Balaban J connectivity index is 1.44. The smallest absolute Gasteiger partial charge is 0.335 e. The topological polar surface area (TPSA) is 139 Å². The maximum Gasteiger partial charge on any atom is 0.335 e. The number of nitrogen functional groups attached to an aromatic ring is 1. The molecule has 1 aromatic carbocycles. The van der Waals surface area contributed by atoms with E-state index in [0.29, 0.717) is 39.3 Å². The van der Waals surface area contributed by atoms with Gasteiger partial charge in [-0.3, -0.25) is 4.68 Å². The van der Waals surface area contributed by atoms with Crippen molar-refractivity contribution >= 4 is 28.8 Å². The van der Waals surface area contributed by atoms with E-state index in [0.717, 1.165) is 6.54 Å². The van der Waals surface area contributed by atoms with Crippen molar-refractivity contribution in [3.05, 3.63) is 41.1 Å². The zero-order valence-electron chi connectivity index (χ0n) is 16.5. The van der Waals surface area contributed by atoms with Crippen LogP contribution in [0.5, 0.6) is 0 Å². The average molecular weight is 408 g/mol. The molecule has 0 radical (unpaired) electrons. The maximum absolute atomic E-state index is 11.4. The Bertz CT molecular complexity index is 1130. The van der Waals surface area contributed by atoms with Gasteiger partial charge >= 0.3 is 5.97 Å². The molecule has 9 heteroatoms. The van der Waals surface area contributed by atoms with E-state index < -0.39 is 5.97 Å². The summed E-state index contributed by atoms with van der Waals surface area (Å²) in [6.07, 6.45) is 6.89. The Morgan fingerprint density at radius 1 is 1.27 bits per heavy atom. The standard InChI is InChI=1S/C21H24N6O3/c22-20-25-16-9-24-27(10-15-5-13(19(29)30)1-2-14(15)11-28)17(16)18(26-20)23-8-12-6-21(7-12)3-4-21/h1-2,5,9,12,28H,3-4,6-8,10-11H2,(H,29,30)(H3,22,23,25,26). The van der Waals surface area contributed by atoms with Gasteiger partial charge in [-0.15, -0.1) is 0 Å². The van der Waals surface area contributed by atoms with Gasteiger partial charge in [0.15, 0.2) is 5.82 Å². The maximum atomic E-state index is 11.4. The van der Waals surface area contributed by atoms with Crippen LogP contribution in [-0.2, 0) is 13.2 Å². The van der Waals surface area contributed by atoms with E-state index in [-0.39, 0.29) is 24.7 Å². The second-order valence-corrected chi connectivity index (χ2v) is 8.57. The van der Waals surface area contributed by atoms with Gasteiger partial charge in [-0.05, 0) is 60.3 Å². The van der Waals surface area contributed by atoms with E-state index in [1.807, 2.05) is 0 Å². The molecular formula is C21H24N6O3. The van der Waals surface area contributed by atoms with Crippen LogP contribution in [0.4, 0.5) is 11.8 Å². The van der Waals surface area contributed by atoms with Crippen LogP contribution in [-0.4, -0.2) is 42.5 Å². The van der Waals surface area contributed by atoms with E-state index in [9.17, 15) is 15.0 Å². The first kappa shape index (κ1) is 18.8. The van der Waals surface area contributed by atoms with Gasteiger partial charge in [0, 0.05) is 6.54 Å². The van der Waals surface area contributed by atoms with Crippen LogP contribution in [0.1, 0.15) is 47.2 Å². The Labute approximate surface area is 172 Å². The van der Waals surface area contributed by atoms with Crippen LogP contribution in [0.25, 0.3) is 11.0 Å². The first-order chi connectivity index (χ1) is 14.5. The minimum Gasteiger partial charge on any atom is -0.478 e. The number of aromatic carboxylic acids is 1. The van der Waals surface area contributed by atoms with Gasteiger partial charge in [0.2, 0.25) is 5.95 Å². The highest BCUT2D eigenvalue weighted by Gasteiger charge is 2.52. The molecule has 0 atom stereocenters. The summed E-state index contributed by atoms with van der Waals surface area (Å²) in [5, 5.41) is 26.8. The number of aromatic nitrogens is 4. The number of nitrogens with two attached hydrogens (primary N) is 1. The fourth-order valence-electron chi connectivity index (χ4n) is 4.62. The van der Waals surface area contributed by atoms with E-state index in [2.05, 4.69) is 20.4 Å². The second kappa shape index (κ2) is 6.94. The molecule has 0 bridgehead atoms. The Kier molecular flexibility index (Phi) is 4.35. The van der Waals surface area contributed by atoms with Gasteiger partial charge in [0.25, 0.3) is 0 Å². The zero-order chi connectivity index (χ0) is 20.9. The van der Waals surface area contributed by atoms with Gasteiger partial charge < -0.3 is 21.3 Å². The van der Waals surface area contributed by atoms with Gasteiger partial charge in [-0.25, -0.2) is 9.78 Å². The normalized spacial score (nSPS) is 17.2. The van der Waals surface area contributed by atoms with Crippen LogP contribution in [0, 0.1) is 11.3 Å². The van der Waals surface area contributed by atoms with E-state index >= 15 is 0 Å². The molecule has 2 aliphatic rings. The molecule has 2 fully saturated rings. The fraction of sp³-hybridized carbons (Fsp3) is 0.429. The van der Waals surface area contributed by atoms with Crippen molar-refractivity contribution in [2.45, 2.75) is 38.8 Å². The number of carbonyl (C=O) groups is 1. The molecule has 156 valence electrons. The highest BCUT2D eigenvalue weighted by Crippen LogP contribution is 2.63. The molecule has 9 nitrogen and oxygen atoms in total. The summed E-state index contributed by atoms with van der Waals surface area (Å²) >= 11 is 0. The summed E-state index contributed by atoms with van der Waals surface area (Å²) in [6.45, 7) is 0.927. The number of fused-ring (bicyclic) bond motifs is 1. The number of aliphatic hydroxyl groups excluding tert-OH is 1. The molecule has 5 rings (SSSR count). The number of aliphatic hydroxyl groups is 1. The second-order valence-electron chi connectivity index (χ2n) is 8.57. The molecule has 2 saturated carbocycles. The highest BCUT2D eigenvalue weighted by molar-refractivity contribution is 5.88. The number of hydrogen-bond donors (Lipinski definition) is 4. The predicted octanol–water partition coefficient (Wildman–Crippen LogP) is 2.25. The number of hydrogen-bond acceptors (Lipinski definition) is 7. The number of carboxylic acids is 1. The lowest BCUT2D eigenvalue weighted by atomic mass is 9.72. The van der Waals surface area contributed by atoms with Gasteiger partial charge in [0.1, 0.15) is 11.0 Å². The third kappa shape index (κ3) is 3.35. The van der Waals surface area contributed by atoms with Crippen molar-refractivity contribution in [2.24, 2.45) is 11.3 Å². The molecule has 3 aromatic rings. The van der Waals surface area contributed by atoms with E-state index in [4.69, 9.17) is 5.73 Å².